The fourth-order valence-corrected chi connectivity index (χ4v) is 3.98. The van der Waals surface area contributed by atoms with Gasteiger partial charge in [-0.15, -0.1) is 0 Å². The Kier molecular flexibility index (Phi) is 3.38. The van der Waals surface area contributed by atoms with Crippen LogP contribution in [-0.2, 0) is 14.6 Å². The highest BCUT2D eigenvalue weighted by molar-refractivity contribution is 7.92. The second-order valence-electron chi connectivity index (χ2n) is 4.40. The Hall–Kier alpha value is -1.10. The third-order valence-electron chi connectivity index (χ3n) is 3.17. The molecule has 94 valence electrons. The number of nitrogens with zero attached hydrogens (tertiary/aromatic N) is 1. The van der Waals surface area contributed by atoms with Gasteiger partial charge in [-0.1, -0.05) is 30.7 Å². The van der Waals surface area contributed by atoms with Crippen LogP contribution in [0.2, 0.25) is 0 Å². The van der Waals surface area contributed by atoms with Crippen molar-refractivity contribution in [1.82, 2.24) is 0 Å². The second-order valence-corrected chi connectivity index (χ2v) is 6.66. The lowest BCUT2D eigenvalue weighted by molar-refractivity contribution is 0.217. The molecule has 3 unspecified atom stereocenters. The van der Waals surface area contributed by atoms with Crippen molar-refractivity contribution in [2.45, 2.75) is 43.4 Å². The summed E-state index contributed by atoms with van der Waals surface area (Å²) in [6.45, 7) is 3.87. The van der Waals surface area contributed by atoms with Crippen molar-refractivity contribution < 1.29 is 13.2 Å². The first-order valence-electron chi connectivity index (χ1n) is 5.80. The molecule has 1 heterocycles. The predicted octanol–water partition coefficient (Wildman–Crippen LogP) is 1.84. The molecular weight excluding hydrogens is 238 g/mol. The van der Waals surface area contributed by atoms with Gasteiger partial charge in [0, 0.05) is 0 Å². The summed E-state index contributed by atoms with van der Waals surface area (Å²) in [6, 6.07) is 0. The van der Waals surface area contributed by atoms with E-state index in [1.165, 1.54) is 6.40 Å². The zero-order valence-electron chi connectivity index (χ0n) is 10.0. The Morgan fingerprint density at radius 2 is 2.29 bits per heavy atom. The molecular formula is C12H17NO3S. The minimum absolute atomic E-state index is 0.333. The van der Waals surface area contributed by atoms with Gasteiger partial charge in [0.05, 0.1) is 5.25 Å². The van der Waals surface area contributed by atoms with Gasteiger partial charge < -0.3 is 4.74 Å². The van der Waals surface area contributed by atoms with Crippen molar-refractivity contribution in [1.29, 1.82) is 0 Å². The van der Waals surface area contributed by atoms with E-state index in [9.17, 15) is 8.42 Å². The summed E-state index contributed by atoms with van der Waals surface area (Å²) in [7, 11) is -3.30. The van der Waals surface area contributed by atoms with Gasteiger partial charge in [0.1, 0.15) is 6.10 Å². The molecule has 0 aromatic heterocycles. The molecule has 0 aromatic carbocycles. The number of rotatable bonds is 3. The normalized spacial score (nSPS) is 32.4. The van der Waals surface area contributed by atoms with Crippen LogP contribution in [0.25, 0.3) is 0 Å². The van der Waals surface area contributed by atoms with Gasteiger partial charge in [-0.3, -0.25) is 0 Å². The maximum atomic E-state index is 12.4. The largest absolute Gasteiger partial charge is 0.477 e. The average molecular weight is 255 g/mol. The van der Waals surface area contributed by atoms with Gasteiger partial charge in [-0.05, 0) is 19.8 Å². The van der Waals surface area contributed by atoms with E-state index in [4.69, 9.17) is 4.74 Å². The van der Waals surface area contributed by atoms with E-state index in [0.29, 0.717) is 12.8 Å². The minimum atomic E-state index is -3.30. The van der Waals surface area contributed by atoms with Gasteiger partial charge in [0.15, 0.2) is 21.6 Å². The van der Waals surface area contributed by atoms with Crippen LogP contribution in [0.15, 0.2) is 28.8 Å². The summed E-state index contributed by atoms with van der Waals surface area (Å²) < 4.78 is 30.0. The van der Waals surface area contributed by atoms with E-state index in [0.717, 1.165) is 5.57 Å². The molecule has 0 saturated carbocycles. The van der Waals surface area contributed by atoms with Gasteiger partial charge in [0.25, 0.3) is 0 Å². The first-order chi connectivity index (χ1) is 8.05. The predicted molar refractivity (Wildman–Crippen MR) is 67.7 cm³/mol. The number of hydrogen-bond acceptors (Lipinski definition) is 4. The van der Waals surface area contributed by atoms with Crippen LogP contribution in [-0.4, -0.2) is 31.5 Å². The van der Waals surface area contributed by atoms with Crippen LogP contribution in [0.3, 0.4) is 0 Å². The molecule has 17 heavy (non-hydrogen) atoms. The molecule has 1 aliphatic carbocycles. The van der Waals surface area contributed by atoms with E-state index in [1.807, 2.05) is 26.0 Å². The lowest BCUT2D eigenvalue weighted by atomic mass is 10.1. The molecule has 2 aliphatic rings. The quantitative estimate of drug-likeness (QED) is 0.773. The smallest absolute Gasteiger partial charge is 0.191 e. The molecule has 0 N–H and O–H groups in total. The molecule has 0 aromatic rings. The highest BCUT2D eigenvalue weighted by atomic mass is 32.2. The SMILES string of the molecule is CCC1OC=NC1S(=O)(=O)C1C=CC(C)=CC1. The van der Waals surface area contributed by atoms with Gasteiger partial charge >= 0.3 is 0 Å². The summed E-state index contributed by atoms with van der Waals surface area (Å²) in [5.41, 5.74) is 1.11. The van der Waals surface area contributed by atoms with Gasteiger partial charge in [-0.2, -0.15) is 0 Å². The molecule has 5 heteroatoms. The van der Waals surface area contributed by atoms with Crippen LogP contribution in [0.4, 0.5) is 0 Å². The fourth-order valence-electron chi connectivity index (χ4n) is 2.06. The first kappa shape index (κ1) is 12.4. The average Bonchev–Trinajstić information content (AvgIpc) is 2.78. The van der Waals surface area contributed by atoms with Crippen molar-refractivity contribution in [3.63, 3.8) is 0 Å². The van der Waals surface area contributed by atoms with E-state index < -0.39 is 20.5 Å². The fraction of sp³-hybridized carbons (Fsp3) is 0.583. The van der Waals surface area contributed by atoms with Crippen molar-refractivity contribution in [2.75, 3.05) is 0 Å². The van der Waals surface area contributed by atoms with Crippen LogP contribution in [0.1, 0.15) is 26.7 Å². The van der Waals surface area contributed by atoms with Crippen molar-refractivity contribution in [3.8, 4) is 0 Å². The molecule has 0 radical (unpaired) electrons. The highest BCUT2D eigenvalue weighted by Crippen LogP contribution is 2.26. The Morgan fingerprint density at radius 1 is 1.53 bits per heavy atom. The summed E-state index contributed by atoms with van der Waals surface area (Å²) in [6.07, 6.45) is 7.67. The number of aliphatic imine (C=N–C) groups is 1. The maximum Gasteiger partial charge on any atom is 0.191 e. The third-order valence-corrected chi connectivity index (χ3v) is 5.46. The number of allylic oxidation sites excluding steroid dienone is 3. The number of sulfone groups is 1. The zero-order valence-corrected chi connectivity index (χ0v) is 10.9. The summed E-state index contributed by atoms with van der Waals surface area (Å²) in [5, 5.41) is -1.21. The second kappa shape index (κ2) is 4.64. The van der Waals surface area contributed by atoms with E-state index in [2.05, 4.69) is 4.99 Å². The van der Waals surface area contributed by atoms with E-state index in [-0.39, 0.29) is 6.10 Å². The Morgan fingerprint density at radius 3 is 2.88 bits per heavy atom. The molecule has 0 fully saturated rings. The van der Waals surface area contributed by atoms with Gasteiger partial charge in [0.2, 0.25) is 0 Å². The minimum Gasteiger partial charge on any atom is -0.477 e. The standard InChI is InChI=1S/C12H17NO3S/c1-3-11-12(13-8-16-11)17(14,15)10-6-4-9(2)5-7-10/h4-6,8,10-12H,3,7H2,1-2H3. The van der Waals surface area contributed by atoms with Crippen LogP contribution in [0.5, 0.6) is 0 Å². The van der Waals surface area contributed by atoms with Crippen LogP contribution in [0, 0.1) is 0 Å². The summed E-state index contributed by atoms with van der Waals surface area (Å²) in [5.74, 6) is 0. The summed E-state index contributed by atoms with van der Waals surface area (Å²) in [4.78, 5) is 3.96. The number of hydrogen-bond donors (Lipinski definition) is 0. The zero-order chi connectivity index (χ0) is 12.5. The van der Waals surface area contributed by atoms with Crippen molar-refractivity contribution >= 4 is 16.2 Å². The first-order valence-corrected chi connectivity index (χ1v) is 7.41. The molecule has 4 nitrogen and oxygen atoms in total. The van der Waals surface area contributed by atoms with E-state index in [1.54, 1.807) is 6.08 Å². The van der Waals surface area contributed by atoms with E-state index >= 15 is 0 Å². The Bertz CT molecular complexity index is 476. The molecule has 1 aliphatic heterocycles. The summed E-state index contributed by atoms with van der Waals surface area (Å²) >= 11 is 0. The molecule has 0 bridgehead atoms. The molecule has 0 saturated heterocycles. The number of ether oxygens (including phenoxy) is 1. The molecule has 0 amide bonds. The molecule has 3 atom stereocenters. The molecule has 2 rings (SSSR count). The van der Waals surface area contributed by atoms with Crippen molar-refractivity contribution in [3.05, 3.63) is 23.8 Å². The van der Waals surface area contributed by atoms with Gasteiger partial charge in [-0.25, -0.2) is 13.4 Å². The lowest BCUT2D eigenvalue weighted by Gasteiger charge is -2.21. The maximum absolute atomic E-state index is 12.4. The molecule has 0 spiro atoms. The lowest BCUT2D eigenvalue weighted by Crippen LogP contribution is -2.36. The Labute approximate surface area is 102 Å². The highest BCUT2D eigenvalue weighted by Gasteiger charge is 2.40. The Balaban J connectivity index is 2.20. The van der Waals surface area contributed by atoms with Crippen LogP contribution >= 0.6 is 0 Å². The van der Waals surface area contributed by atoms with Crippen molar-refractivity contribution in [2.24, 2.45) is 4.99 Å². The topological polar surface area (TPSA) is 55.7 Å². The monoisotopic (exact) mass is 255 g/mol. The third kappa shape index (κ3) is 2.29. The van der Waals surface area contributed by atoms with Crippen LogP contribution < -0.4 is 0 Å².